The molecule has 0 bridgehead atoms. The Balaban J connectivity index is 2.21. The Hall–Kier alpha value is -0.0800. The zero-order valence-electron chi connectivity index (χ0n) is 9.84. The summed E-state index contributed by atoms with van der Waals surface area (Å²) in [5.74, 6) is 0. The van der Waals surface area contributed by atoms with Crippen molar-refractivity contribution in [2.45, 2.75) is 64.0 Å². The summed E-state index contributed by atoms with van der Waals surface area (Å²) in [5.41, 5.74) is 6.05. The maximum Gasteiger partial charge on any atom is 0.0167 e. The number of nitrogens with zero attached hydrogens (tertiary/aromatic N) is 1. The molecule has 1 fully saturated rings. The van der Waals surface area contributed by atoms with Crippen LogP contribution in [0.1, 0.15) is 51.9 Å². The molecule has 84 valence electrons. The van der Waals surface area contributed by atoms with E-state index >= 15 is 0 Å². The van der Waals surface area contributed by atoms with E-state index < -0.39 is 0 Å². The Morgan fingerprint density at radius 2 is 1.93 bits per heavy atom. The highest BCUT2D eigenvalue weighted by Crippen LogP contribution is 2.21. The molecule has 2 nitrogen and oxygen atoms in total. The van der Waals surface area contributed by atoms with Crippen LogP contribution in [-0.2, 0) is 0 Å². The van der Waals surface area contributed by atoms with Crippen LogP contribution in [-0.4, -0.2) is 30.6 Å². The molecule has 0 saturated heterocycles. The summed E-state index contributed by atoms with van der Waals surface area (Å²) in [6, 6.07) is 1.19. The molecule has 1 aliphatic rings. The molecule has 0 aliphatic heterocycles. The zero-order valence-corrected chi connectivity index (χ0v) is 9.84. The van der Waals surface area contributed by atoms with Gasteiger partial charge >= 0.3 is 0 Å². The van der Waals surface area contributed by atoms with Crippen molar-refractivity contribution < 1.29 is 0 Å². The Bertz CT molecular complexity index is 141. The second-order valence-corrected chi connectivity index (χ2v) is 4.78. The molecule has 2 heteroatoms. The summed E-state index contributed by atoms with van der Waals surface area (Å²) < 4.78 is 0. The van der Waals surface area contributed by atoms with Gasteiger partial charge in [-0.15, -0.1) is 0 Å². The van der Waals surface area contributed by atoms with Gasteiger partial charge < -0.3 is 10.6 Å². The zero-order chi connectivity index (χ0) is 10.4. The monoisotopic (exact) mass is 198 g/mol. The maximum absolute atomic E-state index is 6.05. The van der Waals surface area contributed by atoms with E-state index in [0.29, 0.717) is 6.04 Å². The van der Waals surface area contributed by atoms with Crippen molar-refractivity contribution >= 4 is 0 Å². The quantitative estimate of drug-likeness (QED) is 0.735. The Morgan fingerprint density at radius 3 is 2.50 bits per heavy atom. The fraction of sp³-hybridized carbons (Fsp3) is 1.00. The molecular formula is C12H26N2. The Kier molecular flexibility index (Phi) is 5.49. The third kappa shape index (κ3) is 3.97. The van der Waals surface area contributed by atoms with Crippen LogP contribution < -0.4 is 5.73 Å². The van der Waals surface area contributed by atoms with Crippen LogP contribution in [0.15, 0.2) is 0 Å². The molecule has 1 aliphatic carbocycles. The predicted octanol–water partition coefficient (Wildman–Crippen LogP) is 2.38. The lowest BCUT2D eigenvalue weighted by atomic mass is 9.94. The minimum absolute atomic E-state index is 0.381. The van der Waals surface area contributed by atoms with Crippen LogP contribution in [0.5, 0.6) is 0 Å². The predicted molar refractivity (Wildman–Crippen MR) is 62.4 cm³/mol. The molecule has 1 unspecified atom stereocenters. The van der Waals surface area contributed by atoms with E-state index in [4.69, 9.17) is 5.73 Å². The molecule has 0 amide bonds. The van der Waals surface area contributed by atoms with Crippen molar-refractivity contribution in [3.8, 4) is 0 Å². The van der Waals surface area contributed by atoms with Gasteiger partial charge in [-0.3, -0.25) is 0 Å². The molecular weight excluding hydrogens is 172 g/mol. The lowest BCUT2D eigenvalue weighted by molar-refractivity contribution is 0.180. The first-order chi connectivity index (χ1) is 6.74. The van der Waals surface area contributed by atoms with Crippen molar-refractivity contribution in [1.29, 1.82) is 0 Å². The van der Waals surface area contributed by atoms with Crippen LogP contribution in [0.25, 0.3) is 0 Å². The second kappa shape index (κ2) is 6.41. The highest BCUT2D eigenvalue weighted by Gasteiger charge is 2.18. The van der Waals surface area contributed by atoms with Crippen LogP contribution in [0.3, 0.4) is 0 Å². The SMILES string of the molecule is CCCC(N)CN(C)C1CCCCC1. The van der Waals surface area contributed by atoms with Crippen LogP contribution in [0, 0.1) is 0 Å². The van der Waals surface area contributed by atoms with Gasteiger partial charge in [-0.05, 0) is 26.3 Å². The topological polar surface area (TPSA) is 29.3 Å². The summed E-state index contributed by atoms with van der Waals surface area (Å²) in [6.45, 7) is 3.29. The first-order valence-electron chi connectivity index (χ1n) is 6.20. The van der Waals surface area contributed by atoms with Crippen LogP contribution >= 0.6 is 0 Å². The summed E-state index contributed by atoms with van der Waals surface area (Å²) in [6.07, 6.45) is 9.41. The highest BCUT2D eigenvalue weighted by molar-refractivity contribution is 4.76. The molecule has 1 atom stereocenters. The highest BCUT2D eigenvalue weighted by atomic mass is 15.1. The van der Waals surface area contributed by atoms with E-state index in [0.717, 1.165) is 19.0 Å². The number of likely N-dealkylation sites (N-methyl/N-ethyl adjacent to an activating group) is 1. The normalized spacial score (nSPS) is 21.4. The first kappa shape index (κ1) is 12.0. The van der Waals surface area contributed by atoms with Gasteiger partial charge in [-0.2, -0.15) is 0 Å². The van der Waals surface area contributed by atoms with Gasteiger partial charge in [-0.1, -0.05) is 32.6 Å². The lowest BCUT2D eigenvalue weighted by Crippen LogP contribution is -2.41. The number of nitrogens with two attached hydrogens (primary N) is 1. The third-order valence-electron chi connectivity index (χ3n) is 3.38. The molecule has 0 radical (unpaired) electrons. The maximum atomic E-state index is 6.05. The lowest BCUT2D eigenvalue weighted by Gasteiger charge is -2.32. The van der Waals surface area contributed by atoms with E-state index in [-0.39, 0.29) is 0 Å². The van der Waals surface area contributed by atoms with Gasteiger partial charge in [0.15, 0.2) is 0 Å². The molecule has 14 heavy (non-hydrogen) atoms. The standard InChI is InChI=1S/C12H26N2/c1-3-7-11(13)10-14(2)12-8-5-4-6-9-12/h11-12H,3-10,13H2,1-2H3. The molecule has 1 saturated carbocycles. The van der Waals surface area contributed by atoms with Crippen molar-refractivity contribution in [1.82, 2.24) is 4.90 Å². The smallest absolute Gasteiger partial charge is 0.0167 e. The van der Waals surface area contributed by atoms with Gasteiger partial charge in [0.25, 0.3) is 0 Å². The van der Waals surface area contributed by atoms with Gasteiger partial charge in [0.05, 0.1) is 0 Å². The van der Waals surface area contributed by atoms with Gasteiger partial charge in [-0.25, -0.2) is 0 Å². The van der Waals surface area contributed by atoms with Crippen LogP contribution in [0.4, 0.5) is 0 Å². The van der Waals surface area contributed by atoms with Crippen molar-refractivity contribution in [2.75, 3.05) is 13.6 Å². The summed E-state index contributed by atoms with van der Waals surface area (Å²) >= 11 is 0. The fourth-order valence-corrected chi connectivity index (χ4v) is 2.50. The minimum Gasteiger partial charge on any atom is -0.327 e. The average molecular weight is 198 g/mol. The number of hydrogen-bond acceptors (Lipinski definition) is 2. The van der Waals surface area contributed by atoms with Crippen molar-refractivity contribution in [3.05, 3.63) is 0 Å². The van der Waals surface area contributed by atoms with Gasteiger partial charge in [0.1, 0.15) is 0 Å². The molecule has 0 aromatic rings. The first-order valence-corrected chi connectivity index (χ1v) is 6.20. The largest absolute Gasteiger partial charge is 0.327 e. The third-order valence-corrected chi connectivity index (χ3v) is 3.38. The van der Waals surface area contributed by atoms with Gasteiger partial charge in [0, 0.05) is 18.6 Å². The van der Waals surface area contributed by atoms with Crippen molar-refractivity contribution in [2.24, 2.45) is 5.73 Å². The number of hydrogen-bond donors (Lipinski definition) is 1. The Morgan fingerprint density at radius 1 is 1.29 bits per heavy atom. The summed E-state index contributed by atoms with van der Waals surface area (Å²) in [7, 11) is 2.24. The molecule has 0 aromatic carbocycles. The van der Waals surface area contributed by atoms with Gasteiger partial charge in [0.2, 0.25) is 0 Å². The second-order valence-electron chi connectivity index (χ2n) is 4.78. The summed E-state index contributed by atoms with van der Waals surface area (Å²) in [4.78, 5) is 2.49. The van der Waals surface area contributed by atoms with E-state index in [1.807, 2.05) is 0 Å². The van der Waals surface area contributed by atoms with Crippen molar-refractivity contribution in [3.63, 3.8) is 0 Å². The average Bonchev–Trinajstić information content (AvgIpc) is 2.19. The van der Waals surface area contributed by atoms with E-state index in [1.165, 1.54) is 38.5 Å². The Labute approximate surface area is 88.8 Å². The molecule has 0 heterocycles. The van der Waals surface area contributed by atoms with Crippen LogP contribution in [0.2, 0.25) is 0 Å². The minimum atomic E-state index is 0.381. The van der Waals surface area contributed by atoms with E-state index in [2.05, 4.69) is 18.9 Å². The molecule has 2 N–H and O–H groups in total. The van der Waals surface area contributed by atoms with E-state index in [9.17, 15) is 0 Å². The molecule has 0 aromatic heterocycles. The number of rotatable bonds is 5. The fourth-order valence-electron chi connectivity index (χ4n) is 2.50. The summed E-state index contributed by atoms with van der Waals surface area (Å²) in [5, 5.41) is 0. The molecule has 0 spiro atoms. The molecule has 1 rings (SSSR count). The van der Waals surface area contributed by atoms with E-state index in [1.54, 1.807) is 0 Å².